The molecule has 0 unspecified atom stereocenters. The monoisotopic (exact) mass is 543 g/mol. The Kier molecular flexibility index (Phi) is 6.42. The zero-order chi connectivity index (χ0) is 28.0. The molecule has 1 saturated heterocycles. The fourth-order valence-corrected chi connectivity index (χ4v) is 8.34. The van der Waals surface area contributed by atoms with Crippen LogP contribution in [0.2, 0.25) is 0 Å². The number of aromatic nitrogens is 2. The van der Waals surface area contributed by atoms with E-state index in [-0.39, 0.29) is 17.7 Å². The van der Waals surface area contributed by atoms with Crippen molar-refractivity contribution in [1.82, 2.24) is 20.2 Å². The smallest absolute Gasteiger partial charge is 0.254 e. The van der Waals surface area contributed by atoms with Gasteiger partial charge in [-0.2, -0.15) is 5.26 Å². The van der Waals surface area contributed by atoms with Crippen molar-refractivity contribution in [2.45, 2.75) is 56.5 Å². The molecule has 7 heteroatoms. The first-order chi connectivity index (χ1) is 20.0. The van der Waals surface area contributed by atoms with Crippen molar-refractivity contribution in [1.29, 1.82) is 5.26 Å². The molecule has 1 amide bonds. The van der Waals surface area contributed by atoms with Crippen LogP contribution in [0.5, 0.6) is 0 Å². The Morgan fingerprint density at radius 2 is 1.41 bits per heavy atom. The molecular formula is C34H33N5O2. The highest BCUT2D eigenvalue weighted by Gasteiger charge is 2.57. The van der Waals surface area contributed by atoms with Crippen molar-refractivity contribution in [3.8, 4) is 6.07 Å². The van der Waals surface area contributed by atoms with Crippen LogP contribution >= 0.6 is 0 Å². The number of allylic oxidation sites excluding steroid dienone is 1. The lowest BCUT2D eigenvalue weighted by Gasteiger charge is -2.56. The Balaban J connectivity index is 1.31. The van der Waals surface area contributed by atoms with E-state index in [0.29, 0.717) is 41.6 Å². The highest BCUT2D eigenvalue weighted by molar-refractivity contribution is 6.06. The molecule has 3 aromatic rings. The molecule has 0 spiro atoms. The van der Waals surface area contributed by atoms with E-state index in [1.165, 1.54) is 32.1 Å². The van der Waals surface area contributed by atoms with E-state index in [2.05, 4.69) is 21.4 Å². The van der Waals surface area contributed by atoms with Crippen LogP contribution in [0.15, 0.2) is 85.2 Å². The molecular weight excluding hydrogens is 510 g/mol. The summed E-state index contributed by atoms with van der Waals surface area (Å²) in [4.78, 5) is 38.9. The van der Waals surface area contributed by atoms with E-state index in [9.17, 15) is 14.9 Å². The summed E-state index contributed by atoms with van der Waals surface area (Å²) >= 11 is 0. The second-order valence-corrected chi connectivity index (χ2v) is 12.5. The van der Waals surface area contributed by atoms with Crippen LogP contribution < -0.4 is 5.32 Å². The van der Waals surface area contributed by atoms with Crippen molar-refractivity contribution in [3.63, 3.8) is 0 Å². The van der Waals surface area contributed by atoms with E-state index >= 15 is 0 Å². The Labute approximate surface area is 240 Å². The van der Waals surface area contributed by atoms with E-state index in [4.69, 9.17) is 0 Å². The lowest BCUT2D eigenvalue weighted by Crippen LogP contribution is -2.58. The van der Waals surface area contributed by atoms with Gasteiger partial charge >= 0.3 is 0 Å². The number of nitrogens with one attached hydrogen (secondary N) is 1. The number of hydrogen-bond donors (Lipinski definition) is 1. The van der Waals surface area contributed by atoms with Crippen LogP contribution in [-0.2, 0) is 17.6 Å². The van der Waals surface area contributed by atoms with Crippen LogP contribution in [0.3, 0.4) is 0 Å². The Morgan fingerprint density at radius 3 is 1.93 bits per heavy atom. The Hall–Kier alpha value is -4.31. The number of pyridine rings is 2. The standard InChI is InChI=1S/C34H33N5O2/c35-21-24-1-3-27(4-2-24)30(40)18-31-38-34(19-22-5-9-36-10-6-22,20-23-7-11-37-12-8-23)33(41)39(31)32-28-14-25-13-26(16-28)17-29(32)15-25/h1-12,18,25-26,28-29,32,38H,13-17,19-20H2/b31-18+. The third kappa shape index (κ3) is 4.72. The van der Waals surface area contributed by atoms with E-state index < -0.39 is 5.54 Å². The lowest BCUT2D eigenvalue weighted by atomic mass is 9.54. The number of ketones is 1. The predicted octanol–water partition coefficient (Wildman–Crippen LogP) is 4.85. The zero-order valence-electron chi connectivity index (χ0n) is 22.9. The number of nitrogens with zero attached hydrogens (tertiary/aromatic N) is 4. The molecule has 0 radical (unpaired) electrons. The molecule has 5 fully saturated rings. The molecule has 3 heterocycles. The summed E-state index contributed by atoms with van der Waals surface area (Å²) in [5.74, 6) is 2.93. The van der Waals surface area contributed by atoms with Gasteiger partial charge in [0.15, 0.2) is 5.78 Å². The predicted molar refractivity (Wildman–Crippen MR) is 153 cm³/mol. The molecule has 4 bridgehead atoms. The minimum atomic E-state index is -0.950. The summed E-state index contributed by atoms with van der Waals surface area (Å²) in [6, 6.07) is 16.7. The summed E-state index contributed by atoms with van der Waals surface area (Å²) in [5, 5.41) is 12.9. The first-order valence-electron chi connectivity index (χ1n) is 14.7. The van der Waals surface area contributed by atoms with Crippen LogP contribution in [-0.4, -0.2) is 38.1 Å². The number of rotatable bonds is 7. The average molecular weight is 544 g/mol. The van der Waals surface area contributed by atoms with Gasteiger partial charge in [0.05, 0.1) is 11.6 Å². The van der Waals surface area contributed by atoms with Gasteiger partial charge in [0, 0.05) is 55.3 Å². The summed E-state index contributed by atoms with van der Waals surface area (Å²) in [6.45, 7) is 0. The highest BCUT2D eigenvalue weighted by atomic mass is 16.2. The molecule has 1 N–H and O–H groups in total. The number of amides is 1. The molecule has 206 valence electrons. The molecule has 2 aromatic heterocycles. The van der Waals surface area contributed by atoms with Gasteiger partial charge < -0.3 is 5.32 Å². The van der Waals surface area contributed by atoms with Crippen molar-refractivity contribution < 1.29 is 9.59 Å². The summed E-state index contributed by atoms with van der Waals surface area (Å²) in [6.07, 6.45) is 15.6. The lowest BCUT2D eigenvalue weighted by molar-refractivity contribution is -0.141. The SMILES string of the molecule is N#Cc1ccc(C(=O)/C=C2\NC(Cc3ccncc3)(Cc3ccncc3)C(=O)N2C2C3CC4CC(C3)CC2C4)cc1. The van der Waals surface area contributed by atoms with Crippen LogP contribution in [0, 0.1) is 35.0 Å². The quantitative estimate of drug-likeness (QED) is 0.338. The molecule has 7 nitrogen and oxygen atoms in total. The van der Waals surface area contributed by atoms with E-state index in [1.807, 2.05) is 29.2 Å². The van der Waals surface area contributed by atoms with Crippen molar-refractivity contribution in [3.05, 3.63) is 107 Å². The average Bonchev–Trinajstić information content (AvgIpc) is 3.23. The fraction of sp³-hybridized carbons (Fsp3) is 0.382. The highest BCUT2D eigenvalue weighted by Crippen LogP contribution is 2.56. The second-order valence-electron chi connectivity index (χ2n) is 12.5. The van der Waals surface area contributed by atoms with E-state index in [1.54, 1.807) is 55.1 Å². The number of hydrogen-bond acceptors (Lipinski definition) is 6. The maximum Gasteiger partial charge on any atom is 0.254 e. The normalized spacial score (nSPS) is 28.5. The summed E-state index contributed by atoms with van der Waals surface area (Å²) in [7, 11) is 0. The Bertz CT molecular complexity index is 1460. The van der Waals surface area contributed by atoms with Gasteiger partial charge in [-0.05, 0) is 115 Å². The van der Waals surface area contributed by atoms with Gasteiger partial charge in [-0.3, -0.25) is 24.5 Å². The summed E-state index contributed by atoms with van der Waals surface area (Å²) < 4.78 is 0. The fourth-order valence-electron chi connectivity index (χ4n) is 8.34. The van der Waals surface area contributed by atoms with Crippen LogP contribution in [0.4, 0.5) is 0 Å². The minimum absolute atomic E-state index is 0.0440. The largest absolute Gasteiger partial charge is 0.357 e. The molecule has 8 rings (SSSR count). The van der Waals surface area contributed by atoms with Crippen LogP contribution in [0.25, 0.3) is 0 Å². The molecule has 5 aliphatic rings. The third-order valence-electron chi connectivity index (χ3n) is 9.81. The molecule has 4 aliphatic carbocycles. The van der Waals surface area contributed by atoms with Crippen molar-refractivity contribution in [2.24, 2.45) is 23.7 Å². The number of nitriles is 1. The van der Waals surface area contributed by atoms with Gasteiger partial charge in [0.25, 0.3) is 5.91 Å². The maximum atomic E-state index is 14.9. The summed E-state index contributed by atoms with van der Waals surface area (Å²) in [5.41, 5.74) is 2.08. The first kappa shape index (κ1) is 25.6. The van der Waals surface area contributed by atoms with Gasteiger partial charge in [0.1, 0.15) is 11.4 Å². The molecule has 0 atom stereocenters. The topological polar surface area (TPSA) is 99.0 Å². The van der Waals surface area contributed by atoms with Gasteiger partial charge in [-0.25, -0.2) is 0 Å². The van der Waals surface area contributed by atoms with Crippen molar-refractivity contribution in [2.75, 3.05) is 0 Å². The molecule has 1 aliphatic heterocycles. The van der Waals surface area contributed by atoms with Crippen molar-refractivity contribution >= 4 is 11.7 Å². The number of carbonyl (C=O) groups excluding carboxylic acids is 2. The second kappa shape index (κ2) is 10.3. The van der Waals surface area contributed by atoms with Crippen LogP contribution in [0.1, 0.15) is 59.2 Å². The molecule has 1 aromatic carbocycles. The number of carbonyl (C=O) groups is 2. The third-order valence-corrected chi connectivity index (χ3v) is 9.81. The van der Waals surface area contributed by atoms with E-state index in [0.717, 1.165) is 23.0 Å². The molecule has 4 saturated carbocycles. The zero-order valence-corrected chi connectivity index (χ0v) is 22.9. The minimum Gasteiger partial charge on any atom is -0.357 e. The molecule has 41 heavy (non-hydrogen) atoms. The van der Waals surface area contributed by atoms with Gasteiger partial charge in [-0.1, -0.05) is 0 Å². The van der Waals surface area contributed by atoms with Gasteiger partial charge in [0.2, 0.25) is 0 Å². The Morgan fingerprint density at radius 1 is 0.878 bits per heavy atom. The van der Waals surface area contributed by atoms with Gasteiger partial charge in [-0.15, -0.1) is 0 Å². The maximum absolute atomic E-state index is 14.9. The first-order valence-corrected chi connectivity index (χ1v) is 14.7. The number of benzene rings is 1.